The van der Waals surface area contributed by atoms with Crippen LogP contribution in [-0.4, -0.2) is 42.0 Å². The van der Waals surface area contributed by atoms with Gasteiger partial charge in [0, 0.05) is 24.1 Å². The van der Waals surface area contributed by atoms with Gasteiger partial charge in [0.05, 0.1) is 12.0 Å². The van der Waals surface area contributed by atoms with Crippen LogP contribution >= 0.6 is 0 Å². The Bertz CT molecular complexity index is 1040. The minimum atomic E-state index is -1.20. The van der Waals surface area contributed by atoms with Crippen molar-refractivity contribution in [2.45, 2.75) is 45.4 Å². The molecule has 0 radical (unpaired) electrons. The van der Waals surface area contributed by atoms with Gasteiger partial charge in [0.2, 0.25) is 11.8 Å². The molecule has 2 atom stereocenters. The van der Waals surface area contributed by atoms with Gasteiger partial charge < -0.3 is 25.8 Å². The maximum atomic E-state index is 13.0. The minimum absolute atomic E-state index is 0.0270. The Labute approximate surface area is 203 Å². The van der Waals surface area contributed by atoms with E-state index in [9.17, 15) is 24.5 Å². The topological polar surface area (TPSA) is 163 Å². The van der Waals surface area contributed by atoms with Crippen LogP contribution in [0.1, 0.15) is 31.4 Å². The predicted molar refractivity (Wildman–Crippen MR) is 127 cm³/mol. The van der Waals surface area contributed by atoms with Crippen LogP contribution in [0.25, 0.3) is 0 Å². The molecular formula is C24H30N4O7. The molecule has 0 saturated carbocycles. The third-order valence-electron chi connectivity index (χ3n) is 5.09. The van der Waals surface area contributed by atoms with Gasteiger partial charge in [-0.25, -0.2) is 4.79 Å². The summed E-state index contributed by atoms with van der Waals surface area (Å²) >= 11 is 0. The first kappa shape index (κ1) is 27.1. The average molecular weight is 487 g/mol. The summed E-state index contributed by atoms with van der Waals surface area (Å²) in [5, 5.41) is 16.2. The molecule has 188 valence electrons. The number of hydrogen-bond acceptors (Lipinski definition) is 7. The number of carbonyl (C=O) groups excluding carboxylic acids is 3. The molecule has 2 rings (SSSR count). The Morgan fingerprint density at radius 1 is 1.06 bits per heavy atom. The smallest absolute Gasteiger partial charge is 0.408 e. The van der Waals surface area contributed by atoms with Crippen molar-refractivity contribution >= 4 is 23.6 Å². The van der Waals surface area contributed by atoms with Gasteiger partial charge in [0.1, 0.15) is 24.4 Å². The number of nitrogens with zero attached hydrogens (tertiary/aromatic N) is 1. The molecule has 4 N–H and O–H groups in total. The summed E-state index contributed by atoms with van der Waals surface area (Å²) in [6.07, 6.45) is -0.651. The number of nitro groups is 1. The summed E-state index contributed by atoms with van der Waals surface area (Å²) in [7, 11) is 1.38. The van der Waals surface area contributed by atoms with Crippen molar-refractivity contribution < 1.29 is 28.8 Å². The molecule has 0 fully saturated rings. The molecule has 0 spiro atoms. The van der Waals surface area contributed by atoms with Crippen molar-refractivity contribution in [2.75, 3.05) is 7.11 Å². The van der Waals surface area contributed by atoms with Crippen LogP contribution in [0.15, 0.2) is 48.5 Å². The summed E-state index contributed by atoms with van der Waals surface area (Å²) in [6, 6.07) is 10.8. The SMILES string of the molecule is COc1ccc([N+](=O)[O-])cc1C[C@H](NC(=O)[C@H](CC(C)C)NC(=O)OCc1ccccc1)C(N)=O. The molecule has 11 heteroatoms. The quantitative estimate of drug-likeness (QED) is 0.306. The maximum Gasteiger partial charge on any atom is 0.408 e. The Balaban J connectivity index is 2.12. The summed E-state index contributed by atoms with van der Waals surface area (Å²) in [5.74, 6) is -1.15. The van der Waals surface area contributed by atoms with Gasteiger partial charge in [-0.05, 0) is 24.0 Å². The third kappa shape index (κ3) is 8.61. The van der Waals surface area contributed by atoms with Crippen molar-refractivity contribution in [1.82, 2.24) is 10.6 Å². The molecule has 35 heavy (non-hydrogen) atoms. The number of primary amides is 1. The number of ether oxygens (including phenoxy) is 2. The van der Waals surface area contributed by atoms with E-state index < -0.39 is 34.9 Å². The number of carbonyl (C=O) groups is 3. The first-order valence-electron chi connectivity index (χ1n) is 11.0. The molecule has 0 heterocycles. The van der Waals surface area contributed by atoms with E-state index in [2.05, 4.69) is 10.6 Å². The van der Waals surface area contributed by atoms with E-state index in [1.54, 1.807) is 12.1 Å². The summed E-state index contributed by atoms with van der Waals surface area (Å²) in [6.45, 7) is 3.77. The molecule has 0 aliphatic heterocycles. The fourth-order valence-corrected chi connectivity index (χ4v) is 3.36. The summed E-state index contributed by atoms with van der Waals surface area (Å²) < 4.78 is 10.4. The lowest BCUT2D eigenvalue weighted by molar-refractivity contribution is -0.384. The largest absolute Gasteiger partial charge is 0.496 e. The number of nitro benzene ring substituents is 1. The molecule has 2 aromatic carbocycles. The van der Waals surface area contributed by atoms with Gasteiger partial charge in [0.25, 0.3) is 5.69 Å². The fourth-order valence-electron chi connectivity index (χ4n) is 3.36. The van der Waals surface area contributed by atoms with E-state index >= 15 is 0 Å². The van der Waals surface area contributed by atoms with Crippen molar-refractivity contribution in [2.24, 2.45) is 11.7 Å². The molecule has 0 aliphatic carbocycles. The molecule has 2 aromatic rings. The predicted octanol–water partition coefficient (Wildman–Crippen LogP) is 2.46. The van der Waals surface area contributed by atoms with Crippen molar-refractivity contribution in [3.63, 3.8) is 0 Å². The number of hydrogen-bond donors (Lipinski definition) is 3. The van der Waals surface area contributed by atoms with Gasteiger partial charge in [-0.2, -0.15) is 0 Å². The molecule has 0 bridgehead atoms. The second-order valence-electron chi connectivity index (χ2n) is 8.31. The second kappa shape index (κ2) is 12.9. The van der Waals surface area contributed by atoms with Gasteiger partial charge >= 0.3 is 6.09 Å². The van der Waals surface area contributed by atoms with E-state index in [1.807, 2.05) is 32.0 Å². The fraction of sp³-hybridized carbons (Fsp3) is 0.375. The average Bonchev–Trinajstić information content (AvgIpc) is 2.82. The Kier molecular flexibility index (Phi) is 10.0. The van der Waals surface area contributed by atoms with Crippen LogP contribution in [0.5, 0.6) is 5.75 Å². The Morgan fingerprint density at radius 3 is 2.31 bits per heavy atom. The number of amides is 3. The maximum absolute atomic E-state index is 13.0. The van der Waals surface area contributed by atoms with E-state index in [0.29, 0.717) is 11.3 Å². The number of methoxy groups -OCH3 is 1. The van der Waals surface area contributed by atoms with E-state index in [0.717, 1.165) is 5.56 Å². The van der Waals surface area contributed by atoms with Gasteiger partial charge in [-0.1, -0.05) is 44.2 Å². The lowest BCUT2D eigenvalue weighted by Gasteiger charge is -2.23. The second-order valence-corrected chi connectivity index (χ2v) is 8.31. The molecule has 11 nitrogen and oxygen atoms in total. The van der Waals surface area contributed by atoms with Crippen molar-refractivity contribution in [3.05, 3.63) is 69.8 Å². The monoisotopic (exact) mass is 486 g/mol. The molecule has 0 aliphatic rings. The highest BCUT2D eigenvalue weighted by atomic mass is 16.6. The highest BCUT2D eigenvalue weighted by molar-refractivity contribution is 5.91. The van der Waals surface area contributed by atoms with Crippen molar-refractivity contribution in [1.29, 1.82) is 0 Å². The number of rotatable bonds is 12. The van der Waals surface area contributed by atoms with Gasteiger partial charge in [-0.15, -0.1) is 0 Å². The molecule has 3 amide bonds. The van der Waals surface area contributed by atoms with Crippen LogP contribution < -0.4 is 21.1 Å². The molecule has 0 saturated heterocycles. The summed E-state index contributed by atoms with van der Waals surface area (Å²) in [4.78, 5) is 48.0. The van der Waals surface area contributed by atoms with Gasteiger partial charge in [-0.3, -0.25) is 19.7 Å². The van der Waals surface area contributed by atoms with Crippen LogP contribution in [0, 0.1) is 16.0 Å². The van der Waals surface area contributed by atoms with E-state index in [-0.39, 0.29) is 31.1 Å². The number of benzene rings is 2. The number of nitrogens with one attached hydrogen (secondary N) is 2. The number of alkyl carbamates (subject to hydrolysis) is 1. The lowest BCUT2D eigenvalue weighted by atomic mass is 10.0. The Morgan fingerprint density at radius 2 is 1.74 bits per heavy atom. The van der Waals surface area contributed by atoms with Crippen molar-refractivity contribution in [3.8, 4) is 5.75 Å². The third-order valence-corrected chi connectivity index (χ3v) is 5.09. The highest BCUT2D eigenvalue weighted by Crippen LogP contribution is 2.25. The van der Waals surface area contributed by atoms with Crippen LogP contribution in [0.4, 0.5) is 10.5 Å². The molecule has 0 aromatic heterocycles. The van der Waals surface area contributed by atoms with E-state index in [1.165, 1.54) is 25.3 Å². The van der Waals surface area contributed by atoms with E-state index in [4.69, 9.17) is 15.2 Å². The zero-order valence-electron chi connectivity index (χ0n) is 19.9. The molecule has 0 unspecified atom stereocenters. The summed E-state index contributed by atoms with van der Waals surface area (Å²) in [5.41, 5.74) is 6.40. The minimum Gasteiger partial charge on any atom is -0.496 e. The zero-order chi connectivity index (χ0) is 26.0. The first-order chi connectivity index (χ1) is 16.6. The standard InChI is InChI=1S/C24H30N4O7/c1-15(2)11-20(27-24(31)35-14-16-7-5-4-6-8-16)23(30)26-19(22(25)29)13-17-12-18(28(32)33)9-10-21(17)34-3/h4-10,12,15,19-20H,11,13-14H2,1-3H3,(H2,25,29)(H,26,30)(H,27,31)/t19-,20-/m0/s1. The first-order valence-corrected chi connectivity index (χ1v) is 11.0. The van der Waals surface area contributed by atoms with Gasteiger partial charge in [0.15, 0.2) is 0 Å². The lowest BCUT2D eigenvalue weighted by Crippen LogP contribution is -2.54. The zero-order valence-corrected chi connectivity index (χ0v) is 19.9. The van der Waals surface area contributed by atoms with Crippen LogP contribution in [-0.2, 0) is 27.4 Å². The van der Waals surface area contributed by atoms with Crippen LogP contribution in [0.3, 0.4) is 0 Å². The Hall–Kier alpha value is -4.15. The highest BCUT2D eigenvalue weighted by Gasteiger charge is 2.28. The van der Waals surface area contributed by atoms with Crippen LogP contribution in [0.2, 0.25) is 0 Å². The number of non-ortho nitro benzene ring substituents is 1. The molecular weight excluding hydrogens is 456 g/mol. The number of nitrogens with two attached hydrogens (primary N) is 1. The normalized spacial score (nSPS) is 12.3.